The first kappa shape index (κ1) is 23.9. The van der Waals surface area contributed by atoms with Crippen molar-refractivity contribution in [2.24, 2.45) is 10.9 Å². The summed E-state index contributed by atoms with van der Waals surface area (Å²) in [5.41, 5.74) is -0.497. The normalized spacial score (nSPS) is 17.8. The minimum absolute atomic E-state index is 0.127. The summed E-state index contributed by atoms with van der Waals surface area (Å²) in [6.45, 7) is 8.53. The Kier molecular flexibility index (Phi) is 8.04. The zero-order valence-corrected chi connectivity index (χ0v) is 19.7. The fraction of sp³-hybridized carbons (Fsp3) is 0.696. The molecule has 0 radical (unpaired) electrons. The molecule has 1 aromatic rings. The van der Waals surface area contributed by atoms with Gasteiger partial charge in [0.2, 0.25) is 5.91 Å². The Hall–Kier alpha value is -2.71. The van der Waals surface area contributed by atoms with Crippen LogP contribution in [0, 0.1) is 5.92 Å². The van der Waals surface area contributed by atoms with Crippen molar-refractivity contribution in [3.8, 4) is 0 Å². The molecule has 1 aromatic heterocycles. The summed E-state index contributed by atoms with van der Waals surface area (Å²) >= 11 is 0. The number of ether oxygens (including phenoxy) is 1. The molecular formula is C23H37N5O4. The van der Waals surface area contributed by atoms with Gasteiger partial charge in [-0.2, -0.15) is 0 Å². The highest BCUT2D eigenvalue weighted by Crippen LogP contribution is 2.32. The van der Waals surface area contributed by atoms with Gasteiger partial charge in [-0.25, -0.2) is 4.79 Å². The maximum Gasteiger partial charge on any atom is 0.410 e. The number of piperidine rings is 1. The van der Waals surface area contributed by atoms with Gasteiger partial charge in [0.1, 0.15) is 11.4 Å². The van der Waals surface area contributed by atoms with Crippen molar-refractivity contribution in [1.29, 1.82) is 0 Å². The van der Waals surface area contributed by atoms with Crippen molar-refractivity contribution in [3.05, 3.63) is 24.2 Å². The first-order chi connectivity index (χ1) is 15.2. The summed E-state index contributed by atoms with van der Waals surface area (Å²) in [5, 5.41) is 5.95. The highest BCUT2D eigenvalue weighted by atomic mass is 16.6. The smallest absolute Gasteiger partial charge is 0.410 e. The SMILES string of the molecule is CN=C(NCC(=O)NCc1ccco1)N1CCC(N(CC2CC2)C(=O)OC(C)(C)C)CC1. The van der Waals surface area contributed by atoms with Crippen LogP contribution in [0.3, 0.4) is 0 Å². The average molecular weight is 448 g/mol. The molecule has 2 aliphatic rings. The minimum Gasteiger partial charge on any atom is -0.467 e. The van der Waals surface area contributed by atoms with Crippen molar-refractivity contribution in [3.63, 3.8) is 0 Å². The predicted molar refractivity (Wildman–Crippen MR) is 122 cm³/mol. The van der Waals surface area contributed by atoms with E-state index >= 15 is 0 Å². The van der Waals surface area contributed by atoms with Crippen LogP contribution in [0.5, 0.6) is 0 Å². The minimum atomic E-state index is -0.497. The largest absolute Gasteiger partial charge is 0.467 e. The Morgan fingerprint density at radius 2 is 1.94 bits per heavy atom. The number of rotatable bonds is 7. The Balaban J connectivity index is 1.46. The van der Waals surface area contributed by atoms with Gasteiger partial charge < -0.3 is 29.6 Å². The van der Waals surface area contributed by atoms with Crippen LogP contribution in [-0.2, 0) is 16.1 Å². The van der Waals surface area contributed by atoms with Gasteiger partial charge in [0.05, 0.1) is 19.4 Å². The number of hydrogen-bond acceptors (Lipinski definition) is 5. The third-order valence-corrected chi connectivity index (χ3v) is 5.64. The van der Waals surface area contributed by atoms with E-state index in [-0.39, 0.29) is 24.6 Å². The van der Waals surface area contributed by atoms with Crippen molar-refractivity contribution < 1.29 is 18.7 Å². The van der Waals surface area contributed by atoms with Crippen LogP contribution >= 0.6 is 0 Å². The zero-order valence-electron chi connectivity index (χ0n) is 19.7. The van der Waals surface area contributed by atoms with Crippen LogP contribution in [0.15, 0.2) is 27.8 Å². The van der Waals surface area contributed by atoms with E-state index in [1.807, 2.05) is 31.7 Å². The molecule has 0 spiro atoms. The molecule has 9 nitrogen and oxygen atoms in total. The standard InChI is InChI=1S/C23H37N5O4/c1-23(2,3)32-22(30)28(16-17-7-8-17)18-9-11-27(12-10-18)21(24-4)26-15-20(29)25-14-19-6-5-13-31-19/h5-6,13,17-18H,7-12,14-16H2,1-4H3,(H,24,26)(H,25,29). The summed E-state index contributed by atoms with van der Waals surface area (Å²) in [6.07, 6.45) is 5.45. The molecule has 0 atom stereocenters. The molecule has 2 heterocycles. The first-order valence-corrected chi connectivity index (χ1v) is 11.5. The summed E-state index contributed by atoms with van der Waals surface area (Å²) in [4.78, 5) is 33.4. The Labute approximate surface area is 190 Å². The van der Waals surface area contributed by atoms with Crippen LogP contribution in [0.25, 0.3) is 0 Å². The highest BCUT2D eigenvalue weighted by Gasteiger charge is 2.35. The van der Waals surface area contributed by atoms with Gasteiger partial charge in [0.25, 0.3) is 0 Å². The lowest BCUT2D eigenvalue weighted by atomic mass is 10.0. The van der Waals surface area contributed by atoms with Gasteiger partial charge in [-0.05, 0) is 64.5 Å². The van der Waals surface area contributed by atoms with Gasteiger partial charge in [-0.15, -0.1) is 0 Å². The van der Waals surface area contributed by atoms with E-state index in [9.17, 15) is 9.59 Å². The highest BCUT2D eigenvalue weighted by molar-refractivity contribution is 5.86. The molecule has 1 saturated heterocycles. The van der Waals surface area contributed by atoms with E-state index in [0.29, 0.717) is 24.2 Å². The number of hydrogen-bond donors (Lipinski definition) is 2. The van der Waals surface area contributed by atoms with Gasteiger partial charge in [-0.1, -0.05) is 0 Å². The molecule has 2 N–H and O–H groups in total. The van der Waals surface area contributed by atoms with Crippen LogP contribution < -0.4 is 10.6 Å². The third kappa shape index (κ3) is 7.46. The Morgan fingerprint density at radius 3 is 2.50 bits per heavy atom. The molecule has 3 rings (SSSR count). The second kappa shape index (κ2) is 10.7. The van der Waals surface area contributed by atoms with E-state index in [2.05, 4.69) is 20.5 Å². The van der Waals surface area contributed by atoms with E-state index in [0.717, 1.165) is 32.5 Å². The summed E-state index contributed by atoms with van der Waals surface area (Å²) in [6, 6.07) is 3.77. The first-order valence-electron chi connectivity index (χ1n) is 11.5. The van der Waals surface area contributed by atoms with Crippen LogP contribution in [0.4, 0.5) is 4.79 Å². The van der Waals surface area contributed by atoms with Crippen molar-refractivity contribution in [1.82, 2.24) is 20.4 Å². The van der Waals surface area contributed by atoms with Crippen molar-refractivity contribution in [2.75, 3.05) is 33.2 Å². The van der Waals surface area contributed by atoms with E-state index in [1.165, 1.54) is 12.8 Å². The second-order valence-electron chi connectivity index (χ2n) is 9.55. The van der Waals surface area contributed by atoms with E-state index < -0.39 is 5.60 Å². The van der Waals surface area contributed by atoms with Gasteiger partial charge in [-0.3, -0.25) is 9.79 Å². The van der Waals surface area contributed by atoms with E-state index in [4.69, 9.17) is 9.15 Å². The molecule has 2 fully saturated rings. The molecular weight excluding hydrogens is 410 g/mol. The van der Waals surface area contributed by atoms with Crippen LogP contribution in [0.1, 0.15) is 52.2 Å². The zero-order chi connectivity index (χ0) is 23.1. The lowest BCUT2D eigenvalue weighted by Crippen LogP contribution is -2.53. The molecule has 32 heavy (non-hydrogen) atoms. The number of carbonyl (C=O) groups excluding carboxylic acids is 2. The maximum atomic E-state index is 12.8. The number of amides is 2. The lowest BCUT2D eigenvalue weighted by molar-refractivity contribution is -0.120. The number of nitrogens with zero attached hydrogens (tertiary/aromatic N) is 3. The monoisotopic (exact) mass is 447 g/mol. The van der Waals surface area contributed by atoms with Crippen molar-refractivity contribution in [2.45, 2.75) is 64.6 Å². The Bertz CT molecular complexity index is 775. The second-order valence-corrected chi connectivity index (χ2v) is 9.55. The summed E-state index contributed by atoms with van der Waals surface area (Å²) < 4.78 is 10.9. The topological polar surface area (TPSA) is 99.4 Å². The molecule has 178 valence electrons. The van der Waals surface area contributed by atoms with Gasteiger partial charge >= 0.3 is 6.09 Å². The number of likely N-dealkylation sites (tertiary alicyclic amines) is 1. The molecule has 1 saturated carbocycles. The molecule has 1 aliphatic carbocycles. The number of aliphatic imine (C=N–C) groups is 1. The number of guanidine groups is 1. The summed E-state index contributed by atoms with van der Waals surface area (Å²) in [5.74, 6) is 1.89. The molecule has 1 aliphatic heterocycles. The van der Waals surface area contributed by atoms with Crippen LogP contribution in [0.2, 0.25) is 0 Å². The number of nitrogens with one attached hydrogen (secondary N) is 2. The fourth-order valence-electron chi connectivity index (χ4n) is 3.81. The van der Waals surface area contributed by atoms with E-state index in [1.54, 1.807) is 19.4 Å². The molecule has 0 bridgehead atoms. The summed E-state index contributed by atoms with van der Waals surface area (Å²) in [7, 11) is 1.72. The Morgan fingerprint density at radius 1 is 1.22 bits per heavy atom. The maximum absolute atomic E-state index is 12.8. The van der Waals surface area contributed by atoms with Crippen LogP contribution in [-0.4, -0.2) is 72.6 Å². The average Bonchev–Trinajstić information content (AvgIpc) is 3.41. The lowest BCUT2D eigenvalue weighted by Gasteiger charge is -2.40. The fourth-order valence-corrected chi connectivity index (χ4v) is 3.81. The number of carbonyl (C=O) groups is 2. The molecule has 2 amide bonds. The molecule has 0 unspecified atom stereocenters. The van der Waals surface area contributed by atoms with Crippen molar-refractivity contribution >= 4 is 18.0 Å². The quantitative estimate of drug-likeness (QED) is 0.492. The number of furan rings is 1. The molecule has 9 heteroatoms. The predicted octanol–water partition coefficient (Wildman–Crippen LogP) is 2.58. The van der Waals surface area contributed by atoms with Gasteiger partial charge in [0, 0.05) is 32.7 Å². The van der Waals surface area contributed by atoms with Gasteiger partial charge in [0.15, 0.2) is 5.96 Å². The third-order valence-electron chi connectivity index (χ3n) is 5.64. The molecule has 0 aromatic carbocycles.